The van der Waals surface area contributed by atoms with Gasteiger partial charge in [-0.3, -0.25) is 10.3 Å². The lowest BCUT2D eigenvalue weighted by atomic mass is 10.3. The summed E-state index contributed by atoms with van der Waals surface area (Å²) in [5, 5.41) is 12.3. The molecule has 1 amide bonds. The summed E-state index contributed by atoms with van der Waals surface area (Å²) in [7, 11) is 0. The fourth-order valence-corrected chi connectivity index (χ4v) is 2.82. The number of pyridine rings is 1. The summed E-state index contributed by atoms with van der Waals surface area (Å²) in [6, 6.07) is 8.91. The predicted molar refractivity (Wildman–Crippen MR) is 79.5 cm³/mol. The average Bonchev–Trinajstić information content (AvgIpc) is 2.81. The Morgan fingerprint density at radius 3 is 2.85 bits per heavy atom. The zero-order chi connectivity index (χ0) is 14.1. The van der Waals surface area contributed by atoms with Gasteiger partial charge >= 0.3 is 6.09 Å². The van der Waals surface area contributed by atoms with E-state index in [-0.39, 0.29) is 0 Å². The second-order valence-electron chi connectivity index (χ2n) is 3.99. The van der Waals surface area contributed by atoms with Gasteiger partial charge in [0.05, 0.1) is 27.8 Å². The van der Waals surface area contributed by atoms with Crippen LogP contribution in [0.25, 0.3) is 20.9 Å². The molecule has 0 aliphatic carbocycles. The minimum Gasteiger partial charge on any atom is -0.465 e. The molecular formula is C13H8ClN3O2S. The highest BCUT2D eigenvalue weighted by Gasteiger charge is 2.08. The minimum atomic E-state index is -1.12. The molecule has 0 aliphatic heterocycles. The zero-order valence-electron chi connectivity index (χ0n) is 10.0. The van der Waals surface area contributed by atoms with Gasteiger partial charge in [-0.2, -0.15) is 0 Å². The Hall–Kier alpha value is -2.18. The fourth-order valence-electron chi connectivity index (χ4n) is 1.73. The van der Waals surface area contributed by atoms with Crippen molar-refractivity contribution in [3.8, 4) is 10.7 Å². The fraction of sp³-hybridized carbons (Fsp3) is 0. The van der Waals surface area contributed by atoms with E-state index in [9.17, 15) is 4.79 Å². The van der Waals surface area contributed by atoms with Crippen molar-refractivity contribution in [2.24, 2.45) is 0 Å². The topological polar surface area (TPSA) is 75.1 Å². The van der Waals surface area contributed by atoms with Gasteiger partial charge in [0, 0.05) is 5.02 Å². The van der Waals surface area contributed by atoms with Gasteiger partial charge in [-0.1, -0.05) is 11.6 Å². The molecule has 2 heterocycles. The number of nitrogens with one attached hydrogen (secondary N) is 1. The van der Waals surface area contributed by atoms with E-state index in [1.165, 1.54) is 17.5 Å². The number of anilines is 1. The summed E-state index contributed by atoms with van der Waals surface area (Å²) in [5.41, 5.74) is 1.94. The number of hydrogen-bond donors (Lipinski definition) is 2. The predicted octanol–water partition coefficient (Wildman–Crippen LogP) is 4.10. The third-order valence-electron chi connectivity index (χ3n) is 2.58. The molecule has 0 unspecified atom stereocenters. The third-order valence-corrected chi connectivity index (χ3v) is 3.88. The summed E-state index contributed by atoms with van der Waals surface area (Å²) >= 11 is 7.44. The molecule has 100 valence electrons. The van der Waals surface area contributed by atoms with Crippen molar-refractivity contribution >= 4 is 44.9 Å². The molecule has 20 heavy (non-hydrogen) atoms. The van der Waals surface area contributed by atoms with Gasteiger partial charge in [-0.05, 0) is 30.3 Å². The summed E-state index contributed by atoms with van der Waals surface area (Å²) in [4.78, 5) is 19.2. The highest BCUT2D eigenvalue weighted by atomic mass is 35.5. The molecule has 0 atom stereocenters. The zero-order valence-corrected chi connectivity index (χ0v) is 11.6. The van der Waals surface area contributed by atoms with Gasteiger partial charge in [0.2, 0.25) is 0 Å². The number of nitrogens with zero attached hydrogens (tertiary/aromatic N) is 2. The Kier molecular flexibility index (Phi) is 3.25. The number of benzene rings is 1. The molecule has 2 aromatic heterocycles. The maximum Gasteiger partial charge on any atom is 0.409 e. The van der Waals surface area contributed by atoms with E-state index in [1.807, 2.05) is 12.1 Å². The van der Waals surface area contributed by atoms with E-state index >= 15 is 0 Å². The highest BCUT2D eigenvalue weighted by Crippen LogP contribution is 2.30. The maximum atomic E-state index is 10.5. The SMILES string of the molecule is O=C(O)Nc1ccc(-c2nc3cc(Cl)ccc3s2)nc1. The lowest BCUT2D eigenvalue weighted by molar-refractivity contribution is 0.209. The first kappa shape index (κ1) is 12.8. The summed E-state index contributed by atoms with van der Waals surface area (Å²) < 4.78 is 1.03. The molecule has 0 saturated carbocycles. The highest BCUT2D eigenvalue weighted by molar-refractivity contribution is 7.21. The maximum absolute atomic E-state index is 10.5. The second-order valence-corrected chi connectivity index (χ2v) is 5.46. The number of hydrogen-bond acceptors (Lipinski definition) is 4. The van der Waals surface area contributed by atoms with Crippen molar-refractivity contribution in [1.82, 2.24) is 9.97 Å². The molecule has 3 aromatic rings. The van der Waals surface area contributed by atoms with Crippen molar-refractivity contribution in [1.29, 1.82) is 0 Å². The average molecular weight is 306 g/mol. The number of halogens is 1. The second kappa shape index (κ2) is 5.07. The van der Waals surface area contributed by atoms with Crippen LogP contribution in [0.15, 0.2) is 36.5 Å². The first-order chi connectivity index (χ1) is 9.61. The number of amides is 1. The Bertz CT molecular complexity index is 786. The summed E-state index contributed by atoms with van der Waals surface area (Å²) in [6.07, 6.45) is 0.344. The normalized spacial score (nSPS) is 10.7. The van der Waals surface area contributed by atoms with Gasteiger partial charge in [-0.15, -0.1) is 11.3 Å². The third kappa shape index (κ3) is 2.56. The Balaban J connectivity index is 1.96. The first-order valence-corrected chi connectivity index (χ1v) is 6.84. The van der Waals surface area contributed by atoms with Gasteiger partial charge in [0.25, 0.3) is 0 Å². The Morgan fingerprint density at radius 2 is 2.15 bits per heavy atom. The molecule has 3 rings (SSSR count). The van der Waals surface area contributed by atoms with E-state index < -0.39 is 6.09 Å². The molecule has 0 aliphatic rings. The number of aromatic nitrogens is 2. The lowest BCUT2D eigenvalue weighted by Crippen LogP contribution is -2.07. The minimum absolute atomic E-state index is 0.422. The van der Waals surface area contributed by atoms with Gasteiger partial charge < -0.3 is 5.11 Å². The van der Waals surface area contributed by atoms with Crippen molar-refractivity contribution in [2.75, 3.05) is 5.32 Å². The number of fused-ring (bicyclic) bond motifs is 1. The van der Waals surface area contributed by atoms with Gasteiger partial charge in [0.15, 0.2) is 0 Å². The quantitative estimate of drug-likeness (QED) is 0.747. The molecule has 5 nitrogen and oxygen atoms in total. The van der Waals surface area contributed by atoms with Crippen molar-refractivity contribution in [2.45, 2.75) is 0 Å². The van der Waals surface area contributed by atoms with E-state index in [1.54, 1.807) is 18.2 Å². The molecule has 0 fully saturated rings. The van der Waals surface area contributed by atoms with Crippen LogP contribution in [-0.2, 0) is 0 Å². The van der Waals surface area contributed by atoms with Crippen LogP contribution in [0.1, 0.15) is 0 Å². The monoisotopic (exact) mass is 305 g/mol. The Morgan fingerprint density at radius 1 is 1.30 bits per heavy atom. The van der Waals surface area contributed by atoms with Crippen molar-refractivity contribution < 1.29 is 9.90 Å². The van der Waals surface area contributed by atoms with Crippen LogP contribution < -0.4 is 5.32 Å². The number of carbonyl (C=O) groups is 1. The molecule has 0 saturated heterocycles. The lowest BCUT2D eigenvalue weighted by Gasteiger charge is -2.00. The van der Waals surface area contributed by atoms with Crippen LogP contribution in [0, 0.1) is 0 Å². The van der Waals surface area contributed by atoms with E-state index in [4.69, 9.17) is 16.7 Å². The molecule has 2 N–H and O–H groups in total. The van der Waals surface area contributed by atoms with E-state index in [2.05, 4.69) is 15.3 Å². The van der Waals surface area contributed by atoms with Crippen LogP contribution in [0.5, 0.6) is 0 Å². The van der Waals surface area contributed by atoms with Crippen molar-refractivity contribution in [3.63, 3.8) is 0 Å². The smallest absolute Gasteiger partial charge is 0.409 e. The molecule has 0 spiro atoms. The summed E-state index contributed by atoms with van der Waals surface area (Å²) in [6.45, 7) is 0. The molecule has 1 aromatic carbocycles. The molecular weight excluding hydrogens is 298 g/mol. The van der Waals surface area contributed by atoms with Crippen LogP contribution in [0.4, 0.5) is 10.5 Å². The van der Waals surface area contributed by atoms with E-state index in [0.29, 0.717) is 16.4 Å². The largest absolute Gasteiger partial charge is 0.465 e. The van der Waals surface area contributed by atoms with Gasteiger partial charge in [0.1, 0.15) is 5.01 Å². The number of rotatable bonds is 2. The van der Waals surface area contributed by atoms with Crippen molar-refractivity contribution in [3.05, 3.63) is 41.6 Å². The Labute approximate surface area is 122 Å². The summed E-state index contributed by atoms with van der Waals surface area (Å²) in [5.74, 6) is 0. The number of carboxylic acid groups (broad SMARTS) is 1. The standard InChI is InChI=1S/C13H8ClN3O2S/c14-7-1-4-11-10(5-7)17-12(20-11)9-3-2-8(6-15-9)16-13(18)19/h1-6,16H,(H,18,19). The molecule has 7 heteroatoms. The van der Waals surface area contributed by atoms with E-state index in [0.717, 1.165) is 15.2 Å². The van der Waals surface area contributed by atoms with Crippen LogP contribution in [0.3, 0.4) is 0 Å². The van der Waals surface area contributed by atoms with Crippen LogP contribution >= 0.6 is 22.9 Å². The molecule has 0 bridgehead atoms. The van der Waals surface area contributed by atoms with Gasteiger partial charge in [-0.25, -0.2) is 9.78 Å². The number of thiazole rings is 1. The molecule has 0 radical (unpaired) electrons. The first-order valence-electron chi connectivity index (χ1n) is 5.64. The van der Waals surface area contributed by atoms with Crippen LogP contribution in [-0.4, -0.2) is 21.2 Å². The van der Waals surface area contributed by atoms with Crippen LogP contribution in [0.2, 0.25) is 5.02 Å².